The maximum atomic E-state index is 12.2. The number of amides is 1. The van der Waals surface area contributed by atoms with Crippen LogP contribution in [0.5, 0.6) is 5.75 Å². The molecule has 0 aliphatic carbocycles. The van der Waals surface area contributed by atoms with Crippen molar-refractivity contribution in [3.05, 3.63) is 53.1 Å². The van der Waals surface area contributed by atoms with Crippen LogP contribution in [0.1, 0.15) is 21.5 Å². The second-order valence-electron chi connectivity index (χ2n) is 6.52. The maximum absolute atomic E-state index is 12.2. The molecular weight excluding hydrogens is 346 g/mol. The van der Waals surface area contributed by atoms with E-state index in [1.165, 1.54) is 14.2 Å². The molecule has 1 atom stereocenters. The molecule has 1 aliphatic heterocycles. The van der Waals surface area contributed by atoms with Gasteiger partial charge in [0.15, 0.2) is 0 Å². The molecule has 0 aromatic heterocycles. The molecule has 142 valence electrons. The minimum Gasteiger partial charge on any atom is -0.487 e. The first-order chi connectivity index (χ1) is 13.0. The van der Waals surface area contributed by atoms with Gasteiger partial charge < -0.3 is 19.5 Å². The van der Waals surface area contributed by atoms with E-state index >= 15 is 0 Å². The first-order valence-corrected chi connectivity index (χ1v) is 8.77. The molecule has 0 radical (unpaired) electrons. The van der Waals surface area contributed by atoms with Gasteiger partial charge in [0.25, 0.3) is 0 Å². The van der Waals surface area contributed by atoms with Crippen LogP contribution in [0.25, 0.3) is 11.1 Å². The number of methoxy groups -OCH3 is 2. The SMILES string of the molecule is COCC(=O)NC[C@H]1Cc2cc(C)cc(-c3ccccc3C(=O)OC)c2O1. The van der Waals surface area contributed by atoms with E-state index in [1.807, 2.05) is 25.1 Å². The number of nitrogens with one attached hydrogen (secondary N) is 1. The lowest BCUT2D eigenvalue weighted by Gasteiger charge is -2.15. The third kappa shape index (κ3) is 4.11. The number of fused-ring (bicyclic) bond motifs is 1. The van der Waals surface area contributed by atoms with Crippen molar-refractivity contribution >= 4 is 11.9 Å². The van der Waals surface area contributed by atoms with Gasteiger partial charge in [-0.2, -0.15) is 0 Å². The Balaban J connectivity index is 1.90. The molecule has 0 spiro atoms. The van der Waals surface area contributed by atoms with E-state index in [-0.39, 0.29) is 24.6 Å². The largest absolute Gasteiger partial charge is 0.487 e. The van der Waals surface area contributed by atoms with Crippen molar-refractivity contribution in [2.24, 2.45) is 0 Å². The molecule has 2 aromatic rings. The number of benzene rings is 2. The summed E-state index contributed by atoms with van der Waals surface area (Å²) in [5, 5.41) is 2.81. The highest BCUT2D eigenvalue weighted by Gasteiger charge is 2.28. The van der Waals surface area contributed by atoms with Crippen molar-refractivity contribution in [1.82, 2.24) is 5.32 Å². The average molecular weight is 369 g/mol. The minimum atomic E-state index is -0.387. The minimum absolute atomic E-state index is 0.0243. The highest BCUT2D eigenvalue weighted by atomic mass is 16.5. The zero-order chi connectivity index (χ0) is 19.4. The summed E-state index contributed by atoms with van der Waals surface area (Å²) in [4.78, 5) is 23.8. The number of hydrogen-bond acceptors (Lipinski definition) is 5. The van der Waals surface area contributed by atoms with E-state index in [2.05, 4.69) is 11.4 Å². The van der Waals surface area contributed by atoms with Crippen molar-refractivity contribution in [1.29, 1.82) is 0 Å². The van der Waals surface area contributed by atoms with Gasteiger partial charge >= 0.3 is 5.97 Å². The molecule has 2 aromatic carbocycles. The lowest BCUT2D eigenvalue weighted by Crippen LogP contribution is -2.36. The van der Waals surface area contributed by atoms with E-state index < -0.39 is 0 Å². The van der Waals surface area contributed by atoms with Crippen molar-refractivity contribution in [3.8, 4) is 16.9 Å². The fourth-order valence-electron chi connectivity index (χ4n) is 3.32. The summed E-state index contributed by atoms with van der Waals surface area (Å²) in [5.41, 5.74) is 4.27. The van der Waals surface area contributed by atoms with Crippen LogP contribution in [0, 0.1) is 6.92 Å². The number of carbonyl (C=O) groups excluding carboxylic acids is 2. The van der Waals surface area contributed by atoms with Gasteiger partial charge in [-0.25, -0.2) is 4.79 Å². The molecule has 0 saturated heterocycles. The molecule has 0 unspecified atom stereocenters. The van der Waals surface area contributed by atoms with E-state index in [0.29, 0.717) is 18.5 Å². The molecule has 3 rings (SSSR count). The third-order valence-corrected chi connectivity index (χ3v) is 4.47. The maximum Gasteiger partial charge on any atom is 0.338 e. The number of carbonyl (C=O) groups is 2. The first kappa shape index (κ1) is 18.9. The molecule has 27 heavy (non-hydrogen) atoms. The fraction of sp³-hybridized carbons (Fsp3) is 0.333. The second kappa shape index (κ2) is 8.22. The Morgan fingerprint density at radius 1 is 1.19 bits per heavy atom. The Bertz CT molecular complexity index is 862. The fourth-order valence-corrected chi connectivity index (χ4v) is 3.32. The molecule has 1 heterocycles. The first-order valence-electron chi connectivity index (χ1n) is 8.77. The standard InChI is InChI=1S/C21H23NO5/c1-13-8-14-10-15(11-22-19(23)12-25-2)27-20(14)18(9-13)16-6-4-5-7-17(16)21(24)26-3/h4-9,15H,10-12H2,1-3H3,(H,22,23)/t15-/m1/s1. The molecule has 0 fully saturated rings. The number of rotatable bonds is 6. The molecule has 1 aliphatic rings. The summed E-state index contributed by atoms with van der Waals surface area (Å²) in [6.45, 7) is 2.43. The Labute approximate surface area is 158 Å². The highest BCUT2D eigenvalue weighted by molar-refractivity contribution is 5.98. The summed E-state index contributed by atoms with van der Waals surface area (Å²) in [6.07, 6.45) is 0.532. The van der Waals surface area contributed by atoms with Crippen molar-refractivity contribution in [2.45, 2.75) is 19.4 Å². The highest BCUT2D eigenvalue weighted by Crippen LogP contribution is 2.41. The Kier molecular flexibility index (Phi) is 5.76. The summed E-state index contributed by atoms with van der Waals surface area (Å²) in [6, 6.07) is 11.4. The topological polar surface area (TPSA) is 73.9 Å². The Hall–Kier alpha value is -2.86. The summed E-state index contributed by atoms with van der Waals surface area (Å²) in [7, 11) is 2.85. The molecule has 1 amide bonds. The number of esters is 1. The zero-order valence-electron chi connectivity index (χ0n) is 15.7. The van der Waals surface area contributed by atoms with Gasteiger partial charge in [0.1, 0.15) is 18.5 Å². The van der Waals surface area contributed by atoms with Crippen molar-refractivity contribution < 1.29 is 23.8 Å². The average Bonchev–Trinajstić information content (AvgIpc) is 3.08. The van der Waals surface area contributed by atoms with Crippen LogP contribution in [-0.4, -0.2) is 45.4 Å². The molecular formula is C21H23NO5. The monoisotopic (exact) mass is 369 g/mol. The van der Waals surface area contributed by atoms with Gasteiger partial charge in [0.2, 0.25) is 5.91 Å². The smallest absolute Gasteiger partial charge is 0.338 e. The molecule has 0 bridgehead atoms. The predicted molar refractivity (Wildman–Crippen MR) is 101 cm³/mol. The lowest BCUT2D eigenvalue weighted by molar-refractivity contribution is -0.125. The molecule has 6 nitrogen and oxygen atoms in total. The molecule has 1 N–H and O–H groups in total. The molecule has 6 heteroatoms. The van der Waals surface area contributed by atoms with Gasteiger partial charge in [0, 0.05) is 19.1 Å². The van der Waals surface area contributed by atoms with Crippen LogP contribution in [0.2, 0.25) is 0 Å². The van der Waals surface area contributed by atoms with Gasteiger partial charge in [0.05, 0.1) is 19.2 Å². The summed E-state index contributed by atoms with van der Waals surface area (Å²) in [5.74, 6) is 0.190. The van der Waals surface area contributed by atoms with Crippen LogP contribution in [0.3, 0.4) is 0 Å². The quantitative estimate of drug-likeness (QED) is 0.792. The van der Waals surface area contributed by atoms with Gasteiger partial charge in [-0.15, -0.1) is 0 Å². The van der Waals surface area contributed by atoms with Crippen LogP contribution >= 0.6 is 0 Å². The summed E-state index contributed by atoms with van der Waals surface area (Å²) >= 11 is 0. The van der Waals surface area contributed by atoms with Crippen molar-refractivity contribution in [3.63, 3.8) is 0 Å². The van der Waals surface area contributed by atoms with Gasteiger partial charge in [-0.3, -0.25) is 4.79 Å². The van der Waals surface area contributed by atoms with E-state index in [1.54, 1.807) is 12.1 Å². The van der Waals surface area contributed by atoms with Crippen LogP contribution in [0.4, 0.5) is 0 Å². The Morgan fingerprint density at radius 3 is 2.70 bits per heavy atom. The van der Waals surface area contributed by atoms with Gasteiger partial charge in [-0.1, -0.05) is 24.3 Å². The normalized spacial score (nSPS) is 15.0. The Morgan fingerprint density at radius 2 is 1.96 bits per heavy atom. The van der Waals surface area contributed by atoms with E-state index in [0.717, 1.165) is 28.0 Å². The van der Waals surface area contributed by atoms with Gasteiger partial charge in [-0.05, 0) is 35.7 Å². The lowest BCUT2D eigenvalue weighted by atomic mass is 9.94. The number of hydrogen-bond donors (Lipinski definition) is 1. The van der Waals surface area contributed by atoms with Crippen LogP contribution < -0.4 is 10.1 Å². The van der Waals surface area contributed by atoms with Crippen molar-refractivity contribution in [2.75, 3.05) is 27.4 Å². The van der Waals surface area contributed by atoms with Crippen LogP contribution in [-0.2, 0) is 20.7 Å². The van der Waals surface area contributed by atoms with E-state index in [4.69, 9.17) is 14.2 Å². The second-order valence-corrected chi connectivity index (χ2v) is 6.52. The van der Waals surface area contributed by atoms with Crippen LogP contribution in [0.15, 0.2) is 36.4 Å². The third-order valence-electron chi connectivity index (χ3n) is 4.47. The zero-order valence-corrected chi connectivity index (χ0v) is 15.7. The predicted octanol–water partition coefficient (Wildman–Crippen LogP) is 2.51. The number of aryl methyl sites for hydroxylation is 1. The summed E-state index contributed by atoms with van der Waals surface area (Å²) < 4.78 is 15.9. The molecule has 0 saturated carbocycles. The number of ether oxygens (including phenoxy) is 3. The van der Waals surface area contributed by atoms with E-state index in [9.17, 15) is 9.59 Å².